The lowest BCUT2D eigenvalue weighted by molar-refractivity contribution is -0.126. The zero-order valence-electron chi connectivity index (χ0n) is 9.37. The van der Waals surface area contributed by atoms with E-state index in [0.717, 1.165) is 38.5 Å². The maximum absolute atomic E-state index is 12.1. The van der Waals surface area contributed by atoms with Crippen LogP contribution in [0.5, 0.6) is 0 Å². The molecule has 0 heterocycles. The van der Waals surface area contributed by atoms with E-state index in [0.29, 0.717) is 18.1 Å². The lowest BCUT2D eigenvalue weighted by Crippen LogP contribution is -2.49. The first-order chi connectivity index (χ1) is 7.21. The Bertz CT molecular complexity index is 256. The van der Waals surface area contributed by atoms with Crippen LogP contribution < -0.4 is 5.73 Å². The number of ketones is 1. The molecule has 0 radical (unpaired) electrons. The minimum Gasteiger partial charge on any atom is -0.319 e. The molecule has 0 saturated heterocycles. The molecule has 1 fully saturated rings. The maximum Gasteiger partial charge on any atom is 0.152 e. The van der Waals surface area contributed by atoms with E-state index < -0.39 is 5.54 Å². The first-order valence-electron chi connectivity index (χ1n) is 6.18. The fourth-order valence-corrected chi connectivity index (χ4v) is 2.77. The van der Waals surface area contributed by atoms with E-state index in [-0.39, 0.29) is 0 Å². The van der Waals surface area contributed by atoms with Crippen LogP contribution >= 0.6 is 0 Å². The van der Waals surface area contributed by atoms with E-state index in [1.807, 2.05) is 0 Å². The predicted octanol–water partition coefficient (Wildman–Crippen LogP) is 2.57. The molecule has 0 aromatic heterocycles. The van der Waals surface area contributed by atoms with Gasteiger partial charge in [-0.15, -0.1) is 0 Å². The Labute approximate surface area is 91.9 Å². The average Bonchev–Trinajstić information content (AvgIpc) is 2.71. The van der Waals surface area contributed by atoms with Crippen molar-refractivity contribution >= 4 is 5.78 Å². The molecule has 0 amide bonds. The number of hydrogen-bond donors (Lipinski definition) is 1. The van der Waals surface area contributed by atoms with Crippen LogP contribution in [0, 0.1) is 5.92 Å². The Kier molecular flexibility index (Phi) is 3.25. The number of carbonyl (C=O) groups is 1. The molecule has 2 N–H and O–H groups in total. The highest BCUT2D eigenvalue weighted by Crippen LogP contribution is 2.31. The number of Topliss-reactive ketones (excluding diaryl/α,β-unsaturated/α-hetero) is 1. The molecule has 0 aromatic carbocycles. The van der Waals surface area contributed by atoms with Gasteiger partial charge in [0.05, 0.1) is 5.54 Å². The van der Waals surface area contributed by atoms with Crippen molar-refractivity contribution in [1.82, 2.24) is 0 Å². The van der Waals surface area contributed by atoms with Crippen LogP contribution in [-0.2, 0) is 4.79 Å². The molecule has 0 aromatic rings. The van der Waals surface area contributed by atoms with Crippen LogP contribution in [0.25, 0.3) is 0 Å². The van der Waals surface area contributed by atoms with Crippen molar-refractivity contribution in [2.24, 2.45) is 11.7 Å². The van der Waals surface area contributed by atoms with Crippen LogP contribution in [0.4, 0.5) is 0 Å². The molecule has 2 rings (SSSR count). The highest BCUT2D eigenvalue weighted by molar-refractivity contribution is 5.88. The third-order valence-corrected chi connectivity index (χ3v) is 3.88. The van der Waals surface area contributed by atoms with E-state index in [2.05, 4.69) is 12.2 Å². The molecule has 84 valence electrons. The van der Waals surface area contributed by atoms with Gasteiger partial charge >= 0.3 is 0 Å². The smallest absolute Gasteiger partial charge is 0.152 e. The van der Waals surface area contributed by atoms with E-state index in [9.17, 15) is 4.79 Å². The first-order valence-corrected chi connectivity index (χ1v) is 6.18. The number of allylic oxidation sites excluding steroid dienone is 2. The Morgan fingerprint density at radius 3 is 2.40 bits per heavy atom. The number of hydrogen-bond acceptors (Lipinski definition) is 2. The third kappa shape index (κ3) is 2.49. The van der Waals surface area contributed by atoms with E-state index in [1.54, 1.807) is 0 Å². The number of carbonyl (C=O) groups excluding carboxylic acids is 1. The average molecular weight is 207 g/mol. The molecule has 0 atom stereocenters. The maximum atomic E-state index is 12.1. The fraction of sp³-hybridized carbons (Fsp3) is 0.769. The summed E-state index contributed by atoms with van der Waals surface area (Å²) >= 11 is 0. The molecule has 0 aliphatic heterocycles. The van der Waals surface area contributed by atoms with Crippen LogP contribution in [0.3, 0.4) is 0 Å². The van der Waals surface area contributed by atoms with Gasteiger partial charge in [0.2, 0.25) is 0 Å². The van der Waals surface area contributed by atoms with Crippen LogP contribution in [0.2, 0.25) is 0 Å². The van der Waals surface area contributed by atoms with Gasteiger partial charge in [0.1, 0.15) is 0 Å². The molecule has 0 bridgehead atoms. The van der Waals surface area contributed by atoms with E-state index >= 15 is 0 Å². The summed E-state index contributed by atoms with van der Waals surface area (Å²) in [6, 6.07) is 0. The molecule has 0 unspecified atom stereocenters. The van der Waals surface area contributed by atoms with Crippen molar-refractivity contribution in [3.05, 3.63) is 12.2 Å². The quantitative estimate of drug-likeness (QED) is 0.723. The summed E-state index contributed by atoms with van der Waals surface area (Å²) in [5.41, 5.74) is 5.74. The van der Waals surface area contributed by atoms with Gasteiger partial charge in [-0.2, -0.15) is 0 Å². The summed E-state index contributed by atoms with van der Waals surface area (Å²) in [6.45, 7) is 0. The molecule has 2 heteroatoms. The van der Waals surface area contributed by atoms with Crippen LogP contribution in [0.1, 0.15) is 51.4 Å². The van der Waals surface area contributed by atoms with Crippen molar-refractivity contribution in [1.29, 1.82) is 0 Å². The zero-order valence-corrected chi connectivity index (χ0v) is 9.37. The Morgan fingerprint density at radius 1 is 1.20 bits per heavy atom. The highest BCUT2D eigenvalue weighted by Gasteiger charge is 2.35. The second-order valence-corrected chi connectivity index (χ2v) is 5.15. The number of nitrogens with two attached hydrogens (primary N) is 1. The van der Waals surface area contributed by atoms with Gasteiger partial charge in [0, 0.05) is 6.42 Å². The minimum atomic E-state index is -0.471. The van der Waals surface area contributed by atoms with Gasteiger partial charge in [-0.3, -0.25) is 4.79 Å². The van der Waals surface area contributed by atoms with Crippen molar-refractivity contribution in [3.63, 3.8) is 0 Å². The summed E-state index contributed by atoms with van der Waals surface area (Å²) in [5.74, 6) is 0.857. The topological polar surface area (TPSA) is 43.1 Å². The van der Waals surface area contributed by atoms with Gasteiger partial charge < -0.3 is 5.73 Å². The molecule has 2 aliphatic carbocycles. The first kappa shape index (κ1) is 10.9. The van der Waals surface area contributed by atoms with Gasteiger partial charge in [-0.1, -0.05) is 31.4 Å². The van der Waals surface area contributed by atoms with E-state index in [1.165, 1.54) is 6.42 Å². The van der Waals surface area contributed by atoms with Crippen LogP contribution in [-0.4, -0.2) is 11.3 Å². The van der Waals surface area contributed by atoms with Crippen molar-refractivity contribution in [3.8, 4) is 0 Å². The lowest BCUT2D eigenvalue weighted by atomic mass is 9.77. The predicted molar refractivity (Wildman–Crippen MR) is 61.5 cm³/mol. The van der Waals surface area contributed by atoms with Crippen molar-refractivity contribution in [2.45, 2.75) is 56.9 Å². The van der Waals surface area contributed by atoms with Crippen molar-refractivity contribution < 1.29 is 4.79 Å². The highest BCUT2D eigenvalue weighted by atomic mass is 16.1. The van der Waals surface area contributed by atoms with Crippen molar-refractivity contribution in [2.75, 3.05) is 0 Å². The Morgan fingerprint density at radius 2 is 1.80 bits per heavy atom. The molecule has 0 spiro atoms. The molecule has 1 saturated carbocycles. The van der Waals surface area contributed by atoms with E-state index in [4.69, 9.17) is 5.73 Å². The molecule has 2 aliphatic rings. The number of rotatable bonds is 3. The fourth-order valence-electron chi connectivity index (χ4n) is 2.77. The largest absolute Gasteiger partial charge is 0.319 e. The molecular formula is C13H21NO. The standard InChI is InChI=1S/C13H21NO/c14-13(8-4-1-5-9-13)12(15)10-11-6-2-3-7-11/h2-3,11H,1,4-10,14H2. The van der Waals surface area contributed by atoms with Gasteiger partial charge in [-0.25, -0.2) is 0 Å². The third-order valence-electron chi connectivity index (χ3n) is 3.88. The molecular weight excluding hydrogens is 186 g/mol. The summed E-state index contributed by atoms with van der Waals surface area (Å²) < 4.78 is 0. The second-order valence-electron chi connectivity index (χ2n) is 5.15. The minimum absolute atomic E-state index is 0.316. The summed E-state index contributed by atoms with van der Waals surface area (Å²) in [4.78, 5) is 12.1. The second kappa shape index (κ2) is 4.48. The summed E-state index contributed by atoms with van der Waals surface area (Å²) in [5, 5.41) is 0. The normalized spacial score (nSPS) is 25.7. The van der Waals surface area contributed by atoms with Gasteiger partial charge in [0.25, 0.3) is 0 Å². The Hall–Kier alpha value is -0.630. The monoisotopic (exact) mass is 207 g/mol. The van der Waals surface area contributed by atoms with Gasteiger partial charge in [0.15, 0.2) is 5.78 Å². The SMILES string of the molecule is NC1(C(=O)CC2CC=CC2)CCCCC1. The van der Waals surface area contributed by atoms with Crippen LogP contribution in [0.15, 0.2) is 12.2 Å². The van der Waals surface area contributed by atoms with Gasteiger partial charge in [-0.05, 0) is 31.6 Å². The zero-order chi connectivity index (χ0) is 10.7. The molecule has 15 heavy (non-hydrogen) atoms. The lowest BCUT2D eigenvalue weighted by Gasteiger charge is -2.32. The summed E-state index contributed by atoms with van der Waals surface area (Å²) in [6.07, 6.45) is 12.5. The summed E-state index contributed by atoms with van der Waals surface area (Å²) in [7, 11) is 0. The Balaban J connectivity index is 1.88. The molecule has 2 nitrogen and oxygen atoms in total.